The van der Waals surface area contributed by atoms with E-state index in [9.17, 15) is 0 Å². The Morgan fingerprint density at radius 3 is 1.00 bits per heavy atom. The molecule has 6 heteroatoms. The molecule has 3 N–H and O–H groups in total. The molecule has 0 aromatic heterocycles. The first-order chi connectivity index (χ1) is 0. The van der Waals surface area contributed by atoms with Gasteiger partial charge in [0.25, 0.3) is 0 Å². The third kappa shape index (κ3) is 27.1. The predicted octanol–water partition coefficient (Wildman–Crippen LogP) is -1.33. The van der Waals surface area contributed by atoms with Gasteiger partial charge in [0.1, 0.15) is 0 Å². The van der Waals surface area contributed by atoms with Crippen LogP contribution in [-0.4, -0.2) is 62.3 Å². The van der Waals surface area contributed by atoms with Gasteiger partial charge in [-0.15, -0.1) is 0 Å². The van der Waals surface area contributed by atoms with Crippen LogP contribution in [0.3, 0.4) is 0 Å². The van der Waals surface area contributed by atoms with Crippen LogP contribution in [0.2, 0.25) is 0 Å². The molecule has 0 bridgehead atoms. The maximum atomic E-state index is 0. The van der Waals surface area contributed by atoms with Gasteiger partial charge >= 0.3 is 0 Å². The van der Waals surface area contributed by atoms with Gasteiger partial charge in [0.15, 0.2) is 0 Å². The quantitative estimate of drug-likeness (QED) is 0.396. The van der Waals surface area contributed by atoms with Crippen LogP contribution in [0.1, 0.15) is 0 Å². The monoisotopic (exact) mass is 348 g/mol. The van der Waals surface area contributed by atoms with Gasteiger partial charge in [-0.05, 0) is 0 Å². The summed E-state index contributed by atoms with van der Waals surface area (Å²) in [5, 5.41) is 0. The van der Waals surface area contributed by atoms with Crippen molar-refractivity contribution in [1.82, 2.24) is 0 Å². The van der Waals surface area contributed by atoms with Crippen LogP contribution in [0.4, 0.5) is 0 Å². The zero-order valence-corrected chi connectivity index (χ0v) is 12.0. The molecular formula is H6FeKO2PW-. The van der Waals surface area contributed by atoms with E-state index in [2.05, 4.69) is 0 Å². The van der Waals surface area contributed by atoms with Crippen LogP contribution in [0.5, 0.6) is 0 Å². The van der Waals surface area contributed by atoms with E-state index in [1.54, 1.807) is 0 Å². The first-order valence-electron chi connectivity index (χ1n) is 0. The summed E-state index contributed by atoms with van der Waals surface area (Å²) < 4.78 is 0. The van der Waals surface area contributed by atoms with Crippen LogP contribution >= 0.6 is 9.90 Å². The Morgan fingerprint density at radius 1 is 1.00 bits per heavy atom. The van der Waals surface area contributed by atoms with Crippen molar-refractivity contribution in [1.29, 1.82) is 0 Å². The molecule has 0 heterocycles. The van der Waals surface area contributed by atoms with Crippen LogP contribution < -0.4 is 0 Å². The van der Waals surface area contributed by atoms with Crippen LogP contribution in [0, 0.1) is 0 Å². The predicted molar refractivity (Wildman–Crippen MR) is 22.4 cm³/mol. The zero-order chi connectivity index (χ0) is 0. The second kappa shape index (κ2) is 41.6. The van der Waals surface area contributed by atoms with E-state index >= 15 is 0 Å². The fourth-order valence-corrected chi connectivity index (χ4v) is 0. The van der Waals surface area contributed by atoms with Crippen molar-refractivity contribution in [2.45, 2.75) is 0 Å². The Hall–Kier alpha value is 3.19. The smallest absolute Gasteiger partial charge is 0 e. The van der Waals surface area contributed by atoms with Gasteiger partial charge in [-0.1, -0.05) is 0 Å². The zero-order valence-electron chi connectivity index (χ0n) is 3.42. The fraction of sp³-hybridized carbons (Fsp3) is 0. The molecule has 0 rings (SSSR count). The largest absolute Gasteiger partial charge is 0.870 e. The number of hydrogen-bond donors (Lipinski definition) is 0. The topological polar surface area (TPSA) is 61.5 Å². The minimum absolute atomic E-state index is 0. The molecule has 0 aromatic rings. The Balaban J connectivity index is 0. The van der Waals surface area contributed by atoms with Crippen LogP contribution in [-0.2, 0) is 38.1 Å². The molecule has 0 amide bonds. The molecule has 0 aromatic carbocycles. The second-order valence-corrected chi connectivity index (χ2v) is 0. The van der Waals surface area contributed by atoms with Crippen molar-refractivity contribution < 1.29 is 49.1 Å². The summed E-state index contributed by atoms with van der Waals surface area (Å²) in [5.41, 5.74) is 0. The molecule has 0 aliphatic carbocycles. The summed E-state index contributed by atoms with van der Waals surface area (Å²) in [5.74, 6) is 0. The summed E-state index contributed by atoms with van der Waals surface area (Å²) in [6.07, 6.45) is 0. The summed E-state index contributed by atoms with van der Waals surface area (Å²) in [4.78, 5) is 0. The molecule has 0 saturated heterocycles. The van der Waals surface area contributed by atoms with Gasteiger partial charge in [0.05, 0.1) is 0 Å². The van der Waals surface area contributed by atoms with Crippen molar-refractivity contribution in [2.75, 3.05) is 0 Å². The first-order valence-corrected chi connectivity index (χ1v) is 0. The van der Waals surface area contributed by atoms with Crippen LogP contribution in [0.25, 0.3) is 0 Å². The Morgan fingerprint density at radius 2 is 1.00 bits per heavy atom. The van der Waals surface area contributed by atoms with Gasteiger partial charge in [-0.25, -0.2) is 0 Å². The molecule has 1 radical (unpaired) electrons. The van der Waals surface area contributed by atoms with Gasteiger partial charge in [-0.3, -0.25) is 0 Å². The molecule has 1 atom stereocenters. The SMILES string of the molecule is O.P.[Fe].[K].[OH-].[W]. The molecule has 0 aliphatic heterocycles. The molecule has 0 spiro atoms. The van der Waals surface area contributed by atoms with Gasteiger partial charge in [-0.2, -0.15) is 9.90 Å². The van der Waals surface area contributed by atoms with Gasteiger partial charge in [0, 0.05) is 89.5 Å². The average molecular weight is 348 g/mol. The molecule has 0 fully saturated rings. The van der Waals surface area contributed by atoms with E-state index in [0.29, 0.717) is 0 Å². The minimum atomic E-state index is 0. The number of rotatable bonds is 0. The third-order valence-corrected chi connectivity index (χ3v) is 0. The van der Waals surface area contributed by atoms with E-state index in [4.69, 9.17) is 0 Å². The summed E-state index contributed by atoms with van der Waals surface area (Å²) in [6, 6.07) is 0. The van der Waals surface area contributed by atoms with E-state index in [1.807, 2.05) is 0 Å². The number of hydrogen-bond acceptors (Lipinski definition) is 1. The molecule has 0 aliphatic rings. The molecule has 0 saturated carbocycles. The summed E-state index contributed by atoms with van der Waals surface area (Å²) >= 11 is 0. The van der Waals surface area contributed by atoms with Crippen molar-refractivity contribution in [3.8, 4) is 0 Å². The van der Waals surface area contributed by atoms with E-state index in [-0.39, 0.29) is 110 Å². The second-order valence-electron chi connectivity index (χ2n) is 0. The molecular weight excluding hydrogens is 342 g/mol. The Labute approximate surface area is 108 Å². The summed E-state index contributed by atoms with van der Waals surface area (Å²) in [6.45, 7) is 0. The van der Waals surface area contributed by atoms with Crippen molar-refractivity contribution in [3.05, 3.63) is 0 Å². The van der Waals surface area contributed by atoms with Crippen LogP contribution in [0.15, 0.2) is 0 Å². The maximum Gasteiger partial charge on any atom is 0 e. The Kier molecular flexibility index (Phi) is 419. The Bertz CT molecular complexity index is 13.5. The fourth-order valence-electron chi connectivity index (χ4n) is 0. The maximum absolute atomic E-state index is 0. The average Bonchev–Trinajstić information content (AvgIpc) is 0. The van der Waals surface area contributed by atoms with Gasteiger partial charge in [0.2, 0.25) is 0 Å². The van der Waals surface area contributed by atoms with Crippen molar-refractivity contribution in [2.24, 2.45) is 0 Å². The van der Waals surface area contributed by atoms with E-state index in [1.165, 1.54) is 0 Å². The van der Waals surface area contributed by atoms with E-state index < -0.39 is 0 Å². The third-order valence-electron chi connectivity index (χ3n) is 0. The summed E-state index contributed by atoms with van der Waals surface area (Å²) in [7, 11) is 0. The molecule has 6 heavy (non-hydrogen) atoms. The molecule has 1 unspecified atom stereocenters. The minimum Gasteiger partial charge on any atom is -0.870 e. The standard InChI is InChI=1S/Fe.K.2H2O.H3P.W/h;;2*1H2;1H3;/p-1. The van der Waals surface area contributed by atoms with Gasteiger partial charge < -0.3 is 11.0 Å². The van der Waals surface area contributed by atoms with E-state index in [0.717, 1.165) is 0 Å². The van der Waals surface area contributed by atoms with Crippen molar-refractivity contribution >= 4 is 61.3 Å². The molecule has 39 valence electrons. The normalized spacial score (nSPS) is 0. The molecule has 2 nitrogen and oxygen atoms in total. The van der Waals surface area contributed by atoms with Crippen molar-refractivity contribution in [3.63, 3.8) is 0 Å². The first kappa shape index (κ1) is 60.5.